The number of carbonyl (C=O) groups excluding carboxylic acids is 3. The molecule has 0 unspecified atom stereocenters. The molecule has 9 nitrogen and oxygen atoms in total. The molecular formula is C28H25F3N2O7. The molecule has 0 saturated heterocycles. The highest BCUT2D eigenvalue weighted by atomic mass is 19.4. The summed E-state index contributed by atoms with van der Waals surface area (Å²) in [5.41, 5.74) is 12.9. The van der Waals surface area contributed by atoms with Gasteiger partial charge in [0.1, 0.15) is 24.7 Å². The topological polar surface area (TPSA) is 140 Å². The summed E-state index contributed by atoms with van der Waals surface area (Å²) in [7, 11) is 0. The molecule has 0 aliphatic rings. The fraction of sp³-hybridized carbons (Fsp3) is 0.179. The van der Waals surface area contributed by atoms with E-state index in [2.05, 4.69) is 0 Å². The van der Waals surface area contributed by atoms with Crippen molar-refractivity contribution in [2.75, 3.05) is 31.3 Å². The van der Waals surface area contributed by atoms with E-state index in [-0.39, 0.29) is 35.8 Å². The third-order valence-corrected chi connectivity index (χ3v) is 5.02. The number of nitrogens with two attached hydrogens (primary N) is 2. The third kappa shape index (κ3) is 10.0. The number of hydrogen-bond donors (Lipinski definition) is 2. The maximum atomic E-state index is 12.3. The van der Waals surface area contributed by atoms with E-state index in [0.29, 0.717) is 16.9 Å². The zero-order chi connectivity index (χ0) is 29.1. The second kappa shape index (κ2) is 13.7. The van der Waals surface area contributed by atoms with Gasteiger partial charge in [-0.05, 0) is 66.2 Å². The van der Waals surface area contributed by atoms with Crippen LogP contribution in [0.1, 0.15) is 32.7 Å². The number of rotatable bonds is 11. The quantitative estimate of drug-likeness (QED) is 0.111. The van der Waals surface area contributed by atoms with Gasteiger partial charge < -0.3 is 30.4 Å². The predicted octanol–water partition coefficient (Wildman–Crippen LogP) is 4.81. The van der Waals surface area contributed by atoms with Crippen LogP contribution in [0.25, 0.3) is 6.08 Å². The maximum absolute atomic E-state index is 12.3. The van der Waals surface area contributed by atoms with E-state index >= 15 is 0 Å². The molecular weight excluding hydrogens is 533 g/mol. The second-order valence-corrected chi connectivity index (χ2v) is 8.22. The Morgan fingerprint density at radius 1 is 0.725 bits per heavy atom. The zero-order valence-electron chi connectivity index (χ0n) is 21.0. The molecule has 12 heteroatoms. The van der Waals surface area contributed by atoms with Gasteiger partial charge in [0.15, 0.2) is 0 Å². The van der Waals surface area contributed by atoms with Crippen LogP contribution in [-0.2, 0) is 14.3 Å². The number of anilines is 2. The molecule has 0 bridgehead atoms. The van der Waals surface area contributed by atoms with Gasteiger partial charge in [0, 0.05) is 17.5 Å². The largest absolute Gasteiger partial charge is 0.493 e. The van der Waals surface area contributed by atoms with Crippen LogP contribution in [0.5, 0.6) is 11.5 Å². The summed E-state index contributed by atoms with van der Waals surface area (Å²) in [6.45, 7) is -0.855. The van der Waals surface area contributed by atoms with E-state index in [1.807, 2.05) is 0 Å². The summed E-state index contributed by atoms with van der Waals surface area (Å²) < 4.78 is 56.9. The Morgan fingerprint density at radius 2 is 1.32 bits per heavy atom. The monoisotopic (exact) mass is 558 g/mol. The standard InChI is InChI=1S/C28H25F3N2O7/c29-28(30,31)11-12-37-23-8-4-19(5-9-23)27(36)40-24-6-1-18(2-7-24)3-10-25(34)38-13-14-39-26(35)20-15-21(32)17-22(33)16-20/h1-10,15-17H,11-14,32-33H2. The number of ether oxygens (including phenoxy) is 4. The molecule has 4 N–H and O–H groups in total. The average molecular weight is 559 g/mol. The molecule has 3 rings (SSSR count). The van der Waals surface area contributed by atoms with Crippen LogP contribution in [0, 0.1) is 0 Å². The van der Waals surface area contributed by atoms with Gasteiger partial charge in [0.05, 0.1) is 24.2 Å². The normalized spacial score (nSPS) is 11.2. The van der Waals surface area contributed by atoms with Crippen LogP contribution in [0.3, 0.4) is 0 Å². The second-order valence-electron chi connectivity index (χ2n) is 8.22. The first-order valence-corrected chi connectivity index (χ1v) is 11.8. The molecule has 0 aliphatic heterocycles. The van der Waals surface area contributed by atoms with Crippen molar-refractivity contribution in [3.05, 3.63) is 89.5 Å². The molecule has 0 fully saturated rings. The van der Waals surface area contributed by atoms with Crippen LogP contribution in [0.4, 0.5) is 24.5 Å². The van der Waals surface area contributed by atoms with E-state index in [1.54, 1.807) is 12.1 Å². The summed E-state index contributed by atoms with van der Waals surface area (Å²) in [4.78, 5) is 36.2. The van der Waals surface area contributed by atoms with E-state index in [0.717, 1.165) is 0 Å². The molecule has 0 heterocycles. The van der Waals surface area contributed by atoms with Gasteiger partial charge in [-0.2, -0.15) is 13.2 Å². The van der Waals surface area contributed by atoms with Crippen molar-refractivity contribution in [3.63, 3.8) is 0 Å². The fourth-order valence-electron chi connectivity index (χ4n) is 3.15. The number of alkyl halides is 3. The van der Waals surface area contributed by atoms with Crippen molar-refractivity contribution in [3.8, 4) is 11.5 Å². The maximum Gasteiger partial charge on any atom is 0.392 e. The van der Waals surface area contributed by atoms with E-state index in [9.17, 15) is 27.6 Å². The molecule has 210 valence electrons. The minimum absolute atomic E-state index is 0.164. The summed E-state index contributed by atoms with van der Waals surface area (Å²) in [6, 6.07) is 16.1. The molecule has 0 spiro atoms. The lowest BCUT2D eigenvalue weighted by Gasteiger charge is -2.09. The summed E-state index contributed by atoms with van der Waals surface area (Å²) >= 11 is 0. The lowest BCUT2D eigenvalue weighted by molar-refractivity contribution is -0.140. The molecule has 0 atom stereocenters. The van der Waals surface area contributed by atoms with Gasteiger partial charge >= 0.3 is 24.1 Å². The van der Waals surface area contributed by atoms with Crippen molar-refractivity contribution in [1.82, 2.24) is 0 Å². The van der Waals surface area contributed by atoms with Crippen LogP contribution in [-0.4, -0.2) is 43.9 Å². The van der Waals surface area contributed by atoms with Gasteiger partial charge in [-0.1, -0.05) is 12.1 Å². The van der Waals surface area contributed by atoms with Crippen LogP contribution in [0.15, 0.2) is 72.8 Å². The molecule has 3 aromatic carbocycles. The van der Waals surface area contributed by atoms with E-state index < -0.39 is 37.1 Å². The van der Waals surface area contributed by atoms with Crippen LogP contribution < -0.4 is 20.9 Å². The van der Waals surface area contributed by atoms with Gasteiger partial charge in [-0.15, -0.1) is 0 Å². The number of nitrogen functional groups attached to an aromatic ring is 2. The Bertz CT molecular complexity index is 1340. The van der Waals surface area contributed by atoms with Crippen LogP contribution >= 0.6 is 0 Å². The van der Waals surface area contributed by atoms with Crippen molar-refractivity contribution < 1.29 is 46.5 Å². The Balaban J connectivity index is 1.39. The molecule has 0 amide bonds. The molecule has 40 heavy (non-hydrogen) atoms. The minimum Gasteiger partial charge on any atom is -0.493 e. The molecule has 0 aromatic heterocycles. The Labute approximate surface area is 227 Å². The average Bonchev–Trinajstić information content (AvgIpc) is 2.89. The van der Waals surface area contributed by atoms with Gasteiger partial charge in [0.25, 0.3) is 0 Å². The number of esters is 3. The van der Waals surface area contributed by atoms with Gasteiger partial charge in [-0.3, -0.25) is 0 Å². The number of halogens is 3. The third-order valence-electron chi connectivity index (χ3n) is 5.02. The molecule has 0 aliphatic carbocycles. The SMILES string of the molecule is Nc1cc(N)cc(C(=O)OCCOC(=O)C=Cc2ccc(OC(=O)c3ccc(OCCC(F)(F)F)cc3)cc2)c1. The Hall–Kier alpha value is -5.00. The predicted molar refractivity (Wildman–Crippen MR) is 140 cm³/mol. The molecule has 3 aromatic rings. The lowest BCUT2D eigenvalue weighted by atomic mass is 10.2. The van der Waals surface area contributed by atoms with E-state index in [4.69, 9.17) is 30.4 Å². The fourth-order valence-corrected chi connectivity index (χ4v) is 3.15. The van der Waals surface area contributed by atoms with Crippen LogP contribution in [0.2, 0.25) is 0 Å². The summed E-state index contributed by atoms with van der Waals surface area (Å²) in [5.74, 6) is -1.56. The van der Waals surface area contributed by atoms with Gasteiger partial charge in [0.2, 0.25) is 0 Å². The summed E-state index contributed by atoms with van der Waals surface area (Å²) in [5, 5.41) is 0. The molecule has 0 radical (unpaired) electrons. The number of benzene rings is 3. The van der Waals surface area contributed by atoms with Crippen molar-refractivity contribution in [2.24, 2.45) is 0 Å². The Kier molecular flexibility index (Phi) is 10.1. The smallest absolute Gasteiger partial charge is 0.392 e. The van der Waals surface area contributed by atoms with Gasteiger partial charge in [-0.25, -0.2) is 14.4 Å². The lowest BCUT2D eigenvalue weighted by Crippen LogP contribution is -2.13. The first kappa shape index (κ1) is 29.6. The minimum atomic E-state index is -4.31. The van der Waals surface area contributed by atoms with E-state index in [1.165, 1.54) is 66.7 Å². The first-order valence-electron chi connectivity index (χ1n) is 11.8. The zero-order valence-corrected chi connectivity index (χ0v) is 21.0. The Morgan fingerprint density at radius 3 is 1.95 bits per heavy atom. The van der Waals surface area contributed by atoms with Crippen molar-refractivity contribution >= 4 is 35.4 Å². The van der Waals surface area contributed by atoms with Crippen molar-refractivity contribution in [1.29, 1.82) is 0 Å². The van der Waals surface area contributed by atoms with Crippen molar-refractivity contribution in [2.45, 2.75) is 12.6 Å². The number of hydrogen-bond acceptors (Lipinski definition) is 9. The molecule has 0 saturated carbocycles. The highest BCUT2D eigenvalue weighted by molar-refractivity contribution is 5.92. The summed E-state index contributed by atoms with van der Waals surface area (Å²) in [6.07, 6.45) is -2.73. The highest BCUT2D eigenvalue weighted by Crippen LogP contribution is 2.21. The highest BCUT2D eigenvalue weighted by Gasteiger charge is 2.26. The first-order chi connectivity index (χ1) is 19.0. The number of carbonyl (C=O) groups is 3.